The number of nitrogens with one attached hydrogen (secondary N) is 1. The molecular weight excluding hydrogens is 434 g/mol. The number of carbonyl (C=O) groups is 1. The Kier molecular flexibility index (Phi) is 6.17. The highest BCUT2D eigenvalue weighted by molar-refractivity contribution is 6.30. The van der Waals surface area contributed by atoms with E-state index < -0.39 is 0 Å². The minimum Gasteiger partial charge on any atom is -0.339 e. The zero-order chi connectivity index (χ0) is 22.6. The molecule has 4 aromatic rings. The van der Waals surface area contributed by atoms with Crippen LogP contribution < -0.4 is 10.2 Å². The molecule has 2 amide bonds. The zero-order valence-electron chi connectivity index (χ0n) is 18.3. The van der Waals surface area contributed by atoms with Crippen molar-refractivity contribution in [2.24, 2.45) is 0 Å². The number of anilines is 1. The fourth-order valence-corrected chi connectivity index (χ4v) is 4.35. The summed E-state index contributed by atoms with van der Waals surface area (Å²) in [6.07, 6.45) is 0. The Bertz CT molecular complexity index is 1230. The number of fused-ring (bicyclic) bond motifs is 1. The number of para-hydroxylation sites is 2. The Balaban J connectivity index is 1.27. The van der Waals surface area contributed by atoms with Crippen LogP contribution in [0.25, 0.3) is 11.0 Å². The first kappa shape index (κ1) is 21.3. The van der Waals surface area contributed by atoms with Crippen molar-refractivity contribution in [3.8, 4) is 0 Å². The fourth-order valence-electron chi connectivity index (χ4n) is 4.23. The van der Waals surface area contributed by atoms with Gasteiger partial charge in [0.15, 0.2) is 0 Å². The van der Waals surface area contributed by atoms with Gasteiger partial charge in [-0.1, -0.05) is 66.2 Å². The average molecular weight is 460 g/mol. The predicted molar refractivity (Wildman–Crippen MR) is 133 cm³/mol. The number of piperazine rings is 1. The van der Waals surface area contributed by atoms with Crippen molar-refractivity contribution in [3.05, 3.63) is 95.0 Å². The maximum Gasteiger partial charge on any atom is 0.317 e. The molecule has 1 aromatic heterocycles. The van der Waals surface area contributed by atoms with E-state index in [4.69, 9.17) is 16.6 Å². The molecule has 168 valence electrons. The number of carbonyl (C=O) groups excluding carboxylic acids is 1. The van der Waals surface area contributed by atoms with Gasteiger partial charge in [0, 0.05) is 37.7 Å². The van der Waals surface area contributed by atoms with Gasteiger partial charge >= 0.3 is 6.03 Å². The summed E-state index contributed by atoms with van der Waals surface area (Å²) in [5, 5.41) is 3.71. The zero-order valence-corrected chi connectivity index (χ0v) is 19.1. The summed E-state index contributed by atoms with van der Waals surface area (Å²) < 4.78 is 2.28. The SMILES string of the molecule is O=C(NCc1ccc(Cl)cc1)N1CCN(c2nc3ccccc3n2Cc2ccccc2)CC1. The summed E-state index contributed by atoms with van der Waals surface area (Å²) in [5.41, 5.74) is 4.38. The first-order valence-corrected chi connectivity index (χ1v) is 11.6. The maximum absolute atomic E-state index is 12.7. The van der Waals surface area contributed by atoms with Crippen LogP contribution in [0, 0.1) is 0 Å². The van der Waals surface area contributed by atoms with Crippen LogP contribution in [0.1, 0.15) is 11.1 Å². The molecule has 1 saturated heterocycles. The van der Waals surface area contributed by atoms with E-state index in [1.165, 1.54) is 5.56 Å². The minimum atomic E-state index is -0.0395. The second kappa shape index (κ2) is 9.55. The molecule has 5 rings (SSSR count). The second-order valence-electron chi connectivity index (χ2n) is 8.23. The Hall–Kier alpha value is -3.51. The van der Waals surface area contributed by atoms with Crippen LogP contribution >= 0.6 is 11.6 Å². The highest BCUT2D eigenvalue weighted by Gasteiger charge is 2.25. The lowest BCUT2D eigenvalue weighted by atomic mass is 10.2. The number of aromatic nitrogens is 2. The van der Waals surface area contributed by atoms with Crippen LogP contribution in [0.3, 0.4) is 0 Å². The molecule has 0 bridgehead atoms. The number of rotatable bonds is 5. The van der Waals surface area contributed by atoms with Gasteiger partial charge in [0.2, 0.25) is 5.95 Å². The Morgan fingerprint density at radius 1 is 0.848 bits per heavy atom. The fraction of sp³-hybridized carbons (Fsp3) is 0.231. The normalized spacial score (nSPS) is 14.0. The quantitative estimate of drug-likeness (QED) is 0.467. The van der Waals surface area contributed by atoms with Crippen molar-refractivity contribution >= 4 is 34.6 Å². The van der Waals surface area contributed by atoms with Gasteiger partial charge < -0.3 is 19.7 Å². The number of imidazole rings is 1. The third kappa shape index (κ3) is 4.81. The molecule has 6 nitrogen and oxygen atoms in total. The number of hydrogen-bond acceptors (Lipinski definition) is 3. The van der Waals surface area contributed by atoms with Gasteiger partial charge in [-0.25, -0.2) is 9.78 Å². The van der Waals surface area contributed by atoms with E-state index in [1.807, 2.05) is 41.3 Å². The summed E-state index contributed by atoms with van der Waals surface area (Å²) in [7, 11) is 0. The van der Waals surface area contributed by atoms with E-state index in [0.717, 1.165) is 42.2 Å². The van der Waals surface area contributed by atoms with Gasteiger partial charge in [-0.2, -0.15) is 0 Å². The summed E-state index contributed by atoms with van der Waals surface area (Å²) >= 11 is 5.94. The molecule has 1 N–H and O–H groups in total. The summed E-state index contributed by atoms with van der Waals surface area (Å²) in [6.45, 7) is 4.04. The van der Waals surface area contributed by atoms with Crippen LogP contribution in [0.4, 0.5) is 10.7 Å². The van der Waals surface area contributed by atoms with Crippen molar-refractivity contribution in [2.45, 2.75) is 13.1 Å². The average Bonchev–Trinajstić information content (AvgIpc) is 3.22. The number of nitrogens with zero attached hydrogens (tertiary/aromatic N) is 4. The largest absolute Gasteiger partial charge is 0.339 e. The molecule has 0 unspecified atom stereocenters. The van der Waals surface area contributed by atoms with Crippen molar-refractivity contribution < 1.29 is 4.79 Å². The summed E-state index contributed by atoms with van der Waals surface area (Å²) in [4.78, 5) is 21.8. The van der Waals surface area contributed by atoms with E-state index in [0.29, 0.717) is 24.7 Å². The van der Waals surface area contributed by atoms with Gasteiger partial charge in [-0.3, -0.25) is 0 Å². The molecule has 1 aliphatic rings. The van der Waals surface area contributed by atoms with Crippen LogP contribution in [0.2, 0.25) is 5.02 Å². The molecule has 0 aliphatic carbocycles. The third-order valence-electron chi connectivity index (χ3n) is 6.02. The van der Waals surface area contributed by atoms with Crippen molar-refractivity contribution in [1.82, 2.24) is 19.8 Å². The first-order valence-electron chi connectivity index (χ1n) is 11.2. The van der Waals surface area contributed by atoms with E-state index in [2.05, 4.69) is 57.2 Å². The second-order valence-corrected chi connectivity index (χ2v) is 8.67. The lowest BCUT2D eigenvalue weighted by molar-refractivity contribution is 0.193. The Labute approximate surface area is 198 Å². The van der Waals surface area contributed by atoms with Gasteiger partial charge in [0.05, 0.1) is 17.6 Å². The van der Waals surface area contributed by atoms with E-state index in [-0.39, 0.29) is 6.03 Å². The van der Waals surface area contributed by atoms with Crippen LogP contribution in [0.15, 0.2) is 78.9 Å². The minimum absolute atomic E-state index is 0.0395. The molecule has 3 aromatic carbocycles. The van der Waals surface area contributed by atoms with Crippen molar-refractivity contribution in [3.63, 3.8) is 0 Å². The van der Waals surface area contributed by atoms with Gasteiger partial charge in [-0.05, 0) is 35.4 Å². The van der Waals surface area contributed by atoms with Crippen LogP contribution in [-0.2, 0) is 13.1 Å². The van der Waals surface area contributed by atoms with Crippen molar-refractivity contribution in [1.29, 1.82) is 0 Å². The smallest absolute Gasteiger partial charge is 0.317 e. The van der Waals surface area contributed by atoms with E-state index in [9.17, 15) is 4.79 Å². The molecule has 0 atom stereocenters. The van der Waals surface area contributed by atoms with Crippen LogP contribution in [-0.4, -0.2) is 46.7 Å². The molecule has 1 fully saturated rings. The summed E-state index contributed by atoms with van der Waals surface area (Å²) in [6, 6.07) is 26.2. The lowest BCUT2D eigenvalue weighted by Gasteiger charge is -2.35. The number of amides is 2. The first-order chi connectivity index (χ1) is 16.2. The topological polar surface area (TPSA) is 53.4 Å². The van der Waals surface area contributed by atoms with Gasteiger partial charge in [-0.15, -0.1) is 0 Å². The predicted octanol–water partition coefficient (Wildman–Crippen LogP) is 4.77. The van der Waals surface area contributed by atoms with E-state index in [1.54, 1.807) is 0 Å². The standard InChI is InChI=1S/C26H26ClN5O/c27-22-12-10-20(11-13-22)18-28-26(33)31-16-14-30(15-17-31)25-29-23-8-4-5-9-24(23)32(25)19-21-6-2-1-3-7-21/h1-13H,14-19H2,(H,28,33). The highest BCUT2D eigenvalue weighted by Crippen LogP contribution is 2.25. The number of urea groups is 1. The van der Waals surface area contributed by atoms with Crippen LogP contribution in [0.5, 0.6) is 0 Å². The summed E-state index contributed by atoms with van der Waals surface area (Å²) in [5.74, 6) is 0.960. The lowest BCUT2D eigenvalue weighted by Crippen LogP contribution is -2.52. The third-order valence-corrected chi connectivity index (χ3v) is 6.28. The molecule has 33 heavy (non-hydrogen) atoms. The Morgan fingerprint density at radius 3 is 2.30 bits per heavy atom. The molecule has 0 radical (unpaired) electrons. The molecule has 1 aliphatic heterocycles. The van der Waals surface area contributed by atoms with E-state index >= 15 is 0 Å². The molecule has 0 saturated carbocycles. The van der Waals surface area contributed by atoms with Crippen molar-refractivity contribution in [2.75, 3.05) is 31.1 Å². The number of halogens is 1. The monoisotopic (exact) mass is 459 g/mol. The molecule has 7 heteroatoms. The van der Waals surface area contributed by atoms with Gasteiger partial charge in [0.25, 0.3) is 0 Å². The number of hydrogen-bond donors (Lipinski definition) is 1. The molecular formula is C26H26ClN5O. The molecule has 0 spiro atoms. The maximum atomic E-state index is 12.7. The Morgan fingerprint density at radius 2 is 1.55 bits per heavy atom. The number of benzene rings is 3. The van der Waals surface area contributed by atoms with Gasteiger partial charge in [0.1, 0.15) is 0 Å². The highest BCUT2D eigenvalue weighted by atomic mass is 35.5. The molecule has 2 heterocycles.